The van der Waals surface area contributed by atoms with E-state index >= 15 is 0 Å². The van der Waals surface area contributed by atoms with E-state index in [1.165, 1.54) is 10.7 Å². The number of hydrogen-bond donors (Lipinski definition) is 1. The summed E-state index contributed by atoms with van der Waals surface area (Å²) in [5.41, 5.74) is 7.69. The fraction of sp³-hybridized carbons (Fsp3) is 0.267. The highest BCUT2D eigenvalue weighted by molar-refractivity contribution is 6.33. The van der Waals surface area contributed by atoms with Crippen molar-refractivity contribution in [3.8, 4) is 11.4 Å². The van der Waals surface area contributed by atoms with Crippen molar-refractivity contribution in [2.75, 3.05) is 5.73 Å². The molecule has 0 fully saturated rings. The van der Waals surface area contributed by atoms with Gasteiger partial charge in [-0.3, -0.25) is 4.98 Å². The summed E-state index contributed by atoms with van der Waals surface area (Å²) >= 11 is 6.11. The molecule has 114 valence electrons. The third kappa shape index (κ3) is 2.29. The van der Waals surface area contributed by atoms with Crippen LogP contribution in [-0.4, -0.2) is 19.6 Å². The Morgan fingerprint density at radius 2 is 1.91 bits per heavy atom. The van der Waals surface area contributed by atoms with Gasteiger partial charge in [-0.05, 0) is 17.0 Å². The van der Waals surface area contributed by atoms with Gasteiger partial charge in [0.15, 0.2) is 5.82 Å². The van der Waals surface area contributed by atoms with Crippen LogP contribution in [0.15, 0.2) is 24.5 Å². The first kappa shape index (κ1) is 14.7. The van der Waals surface area contributed by atoms with Crippen LogP contribution in [0.4, 0.5) is 10.3 Å². The van der Waals surface area contributed by atoms with E-state index in [1.807, 2.05) is 6.07 Å². The van der Waals surface area contributed by atoms with Crippen molar-refractivity contribution in [1.29, 1.82) is 0 Å². The highest BCUT2D eigenvalue weighted by Gasteiger charge is 2.21. The lowest BCUT2D eigenvalue weighted by molar-refractivity contribution is 0.587. The minimum absolute atomic E-state index is 0.0194. The third-order valence-corrected chi connectivity index (χ3v) is 3.80. The second-order valence-electron chi connectivity index (χ2n) is 6.07. The van der Waals surface area contributed by atoms with Crippen molar-refractivity contribution in [1.82, 2.24) is 19.6 Å². The van der Waals surface area contributed by atoms with Crippen LogP contribution in [-0.2, 0) is 5.41 Å². The second-order valence-corrected chi connectivity index (χ2v) is 6.45. The van der Waals surface area contributed by atoms with Crippen LogP contribution in [0.2, 0.25) is 5.02 Å². The number of anilines is 1. The monoisotopic (exact) mass is 319 g/mol. The number of nitrogens with two attached hydrogens (primary N) is 1. The Hall–Kier alpha value is -2.21. The van der Waals surface area contributed by atoms with Gasteiger partial charge in [0.25, 0.3) is 0 Å². The number of nitrogen functional groups attached to an aromatic ring is 1. The van der Waals surface area contributed by atoms with E-state index in [9.17, 15) is 4.39 Å². The summed E-state index contributed by atoms with van der Waals surface area (Å²) in [7, 11) is 0. The van der Waals surface area contributed by atoms with Gasteiger partial charge in [-0.2, -0.15) is 0 Å². The number of aromatic nitrogens is 4. The molecule has 22 heavy (non-hydrogen) atoms. The molecule has 3 rings (SSSR count). The van der Waals surface area contributed by atoms with Gasteiger partial charge in [0.05, 0.1) is 11.9 Å². The molecular weight excluding hydrogens is 305 g/mol. The Labute approximate surface area is 132 Å². The summed E-state index contributed by atoms with van der Waals surface area (Å²) in [5.74, 6) is -0.551. The molecule has 7 heteroatoms. The smallest absolute Gasteiger partial charge is 0.238 e. The lowest BCUT2D eigenvalue weighted by Crippen LogP contribution is -2.11. The van der Waals surface area contributed by atoms with Gasteiger partial charge in [0, 0.05) is 6.20 Å². The molecule has 0 bridgehead atoms. The van der Waals surface area contributed by atoms with Crippen LogP contribution in [0.5, 0.6) is 0 Å². The number of hydrogen-bond acceptors (Lipinski definition) is 4. The fourth-order valence-electron chi connectivity index (χ4n) is 2.19. The maximum absolute atomic E-state index is 14.2. The molecule has 0 radical (unpaired) electrons. The van der Waals surface area contributed by atoms with Gasteiger partial charge in [-0.25, -0.2) is 13.9 Å². The number of fused-ring (bicyclic) bond motifs is 1. The summed E-state index contributed by atoms with van der Waals surface area (Å²) in [6.07, 6.45) is 3.06. The molecule has 0 aromatic carbocycles. The zero-order chi connectivity index (χ0) is 16.1. The molecule has 5 nitrogen and oxygen atoms in total. The van der Waals surface area contributed by atoms with Crippen LogP contribution in [0.3, 0.4) is 0 Å². The minimum Gasteiger partial charge on any atom is -0.367 e. The average Bonchev–Trinajstić information content (AvgIpc) is 2.70. The molecule has 3 aromatic rings. The van der Waals surface area contributed by atoms with Crippen molar-refractivity contribution >= 4 is 23.1 Å². The molecule has 0 aliphatic carbocycles. The van der Waals surface area contributed by atoms with E-state index in [2.05, 4.69) is 35.8 Å². The van der Waals surface area contributed by atoms with Crippen molar-refractivity contribution in [3.63, 3.8) is 0 Å². The standard InChI is InChI=1S/C15H15ClFN5/c1-15(2,3)8-4-5-9(19-6-8)13-11(16)12(17)10-7-20-14(18)21-22(10)13/h4-7H,1-3H3,(H2,18,21). The van der Waals surface area contributed by atoms with Gasteiger partial charge in [0.1, 0.15) is 16.2 Å². The Kier molecular flexibility index (Phi) is 3.29. The number of rotatable bonds is 1. The van der Waals surface area contributed by atoms with Crippen molar-refractivity contribution in [3.05, 3.63) is 40.9 Å². The normalized spacial score (nSPS) is 12.0. The molecular formula is C15H15ClFN5. The maximum atomic E-state index is 14.2. The first-order chi connectivity index (χ1) is 10.3. The Bertz CT molecular complexity index is 849. The van der Waals surface area contributed by atoms with Gasteiger partial charge in [0.2, 0.25) is 5.95 Å². The van der Waals surface area contributed by atoms with E-state index in [0.29, 0.717) is 11.4 Å². The van der Waals surface area contributed by atoms with Crippen LogP contribution in [0, 0.1) is 5.82 Å². The molecule has 3 heterocycles. The Morgan fingerprint density at radius 1 is 1.18 bits per heavy atom. The van der Waals surface area contributed by atoms with Gasteiger partial charge in [-0.1, -0.05) is 38.4 Å². The van der Waals surface area contributed by atoms with Gasteiger partial charge < -0.3 is 5.73 Å². The molecule has 0 unspecified atom stereocenters. The van der Waals surface area contributed by atoms with E-state index in [0.717, 1.165) is 5.56 Å². The quantitative estimate of drug-likeness (QED) is 0.745. The van der Waals surface area contributed by atoms with E-state index < -0.39 is 5.82 Å². The van der Waals surface area contributed by atoms with E-state index in [4.69, 9.17) is 17.3 Å². The highest BCUT2D eigenvalue weighted by Crippen LogP contribution is 2.33. The number of pyridine rings is 1. The Balaban J connectivity index is 2.22. The predicted molar refractivity (Wildman–Crippen MR) is 84.3 cm³/mol. The van der Waals surface area contributed by atoms with Crippen LogP contribution < -0.4 is 5.73 Å². The molecule has 0 aliphatic rings. The highest BCUT2D eigenvalue weighted by atomic mass is 35.5. The minimum atomic E-state index is -0.585. The van der Waals surface area contributed by atoms with Crippen molar-refractivity contribution in [2.45, 2.75) is 26.2 Å². The zero-order valence-corrected chi connectivity index (χ0v) is 13.2. The Morgan fingerprint density at radius 3 is 2.50 bits per heavy atom. The van der Waals surface area contributed by atoms with Gasteiger partial charge >= 0.3 is 0 Å². The molecule has 0 atom stereocenters. The van der Waals surface area contributed by atoms with Crippen LogP contribution >= 0.6 is 11.6 Å². The summed E-state index contributed by atoms with van der Waals surface area (Å²) in [6.45, 7) is 6.28. The number of halogens is 2. The molecule has 0 aliphatic heterocycles. The largest absolute Gasteiger partial charge is 0.367 e. The summed E-state index contributed by atoms with van der Waals surface area (Å²) in [4.78, 5) is 8.19. The van der Waals surface area contributed by atoms with Crippen molar-refractivity contribution in [2.24, 2.45) is 0 Å². The fourth-order valence-corrected chi connectivity index (χ4v) is 2.47. The first-order valence-electron chi connectivity index (χ1n) is 6.74. The van der Waals surface area contributed by atoms with Gasteiger partial charge in [-0.15, -0.1) is 5.10 Å². The second kappa shape index (κ2) is 4.91. The molecule has 0 saturated heterocycles. The lowest BCUT2D eigenvalue weighted by Gasteiger charge is -2.18. The summed E-state index contributed by atoms with van der Waals surface area (Å²) in [6, 6.07) is 3.74. The average molecular weight is 320 g/mol. The molecule has 3 aromatic heterocycles. The SMILES string of the molecule is CC(C)(C)c1ccc(-c2c(Cl)c(F)c3cnc(N)nn23)nc1. The topological polar surface area (TPSA) is 69.1 Å². The molecule has 0 saturated carbocycles. The third-order valence-electron chi connectivity index (χ3n) is 3.46. The predicted octanol–water partition coefficient (Wildman–Crippen LogP) is 3.46. The molecule has 2 N–H and O–H groups in total. The summed E-state index contributed by atoms with van der Waals surface area (Å²) in [5, 5.41) is 3.98. The van der Waals surface area contributed by atoms with E-state index in [1.54, 1.807) is 12.3 Å². The lowest BCUT2D eigenvalue weighted by atomic mass is 9.88. The molecule has 0 amide bonds. The summed E-state index contributed by atoms with van der Waals surface area (Å²) < 4.78 is 15.5. The van der Waals surface area contributed by atoms with Crippen LogP contribution in [0.1, 0.15) is 26.3 Å². The molecule has 0 spiro atoms. The number of nitrogens with zero attached hydrogens (tertiary/aromatic N) is 4. The zero-order valence-electron chi connectivity index (χ0n) is 12.4. The maximum Gasteiger partial charge on any atom is 0.238 e. The first-order valence-corrected chi connectivity index (χ1v) is 7.12. The van der Waals surface area contributed by atoms with Crippen LogP contribution in [0.25, 0.3) is 16.9 Å². The van der Waals surface area contributed by atoms with E-state index in [-0.39, 0.29) is 21.9 Å². The van der Waals surface area contributed by atoms with Crippen molar-refractivity contribution < 1.29 is 4.39 Å².